The van der Waals surface area contributed by atoms with Crippen molar-refractivity contribution < 1.29 is 0 Å². The molecule has 0 aliphatic carbocycles. The molecule has 0 aromatic rings. The second-order valence-corrected chi connectivity index (χ2v) is 7.51. The normalized spacial score (nSPS) is 12.7. The van der Waals surface area contributed by atoms with Crippen LogP contribution in [-0.4, -0.2) is 13.1 Å². The van der Waals surface area contributed by atoms with Crippen molar-refractivity contribution in [3.63, 3.8) is 0 Å². The molecular formula is C22H47N. The third-order valence-electron chi connectivity index (χ3n) is 5.18. The van der Waals surface area contributed by atoms with E-state index in [4.69, 9.17) is 0 Å². The fourth-order valence-electron chi connectivity index (χ4n) is 3.34. The van der Waals surface area contributed by atoms with Gasteiger partial charge in [-0.3, -0.25) is 0 Å². The van der Waals surface area contributed by atoms with E-state index in [-0.39, 0.29) is 0 Å². The van der Waals surface area contributed by atoms with E-state index in [1.165, 1.54) is 116 Å². The third-order valence-corrected chi connectivity index (χ3v) is 5.18. The summed E-state index contributed by atoms with van der Waals surface area (Å²) >= 11 is 0. The van der Waals surface area contributed by atoms with Gasteiger partial charge in [0.2, 0.25) is 0 Å². The molecule has 0 aliphatic rings. The molecule has 0 saturated heterocycles. The van der Waals surface area contributed by atoms with Crippen LogP contribution >= 0.6 is 0 Å². The zero-order valence-electron chi connectivity index (χ0n) is 16.8. The first-order chi connectivity index (χ1) is 11.3. The largest absolute Gasteiger partial charge is 0.316 e. The zero-order chi connectivity index (χ0) is 17.0. The summed E-state index contributed by atoms with van der Waals surface area (Å²) in [6, 6.07) is 0. The Morgan fingerprint density at radius 3 is 1.52 bits per heavy atom. The predicted molar refractivity (Wildman–Crippen MR) is 107 cm³/mol. The van der Waals surface area contributed by atoms with Crippen LogP contribution in [0.5, 0.6) is 0 Å². The Balaban J connectivity index is 3.12. The van der Waals surface area contributed by atoms with E-state index in [0.717, 1.165) is 5.92 Å². The summed E-state index contributed by atoms with van der Waals surface area (Å²) in [5, 5.41) is 3.68. The zero-order valence-corrected chi connectivity index (χ0v) is 16.8. The lowest BCUT2D eigenvalue weighted by atomic mass is 9.99. The van der Waals surface area contributed by atoms with Crippen LogP contribution < -0.4 is 5.32 Å². The second kappa shape index (κ2) is 20.0. The number of unbranched alkanes of at least 4 members (excludes halogenated alkanes) is 12. The van der Waals surface area contributed by atoms with Gasteiger partial charge in [0.05, 0.1) is 0 Å². The van der Waals surface area contributed by atoms with Crippen molar-refractivity contribution in [2.45, 2.75) is 124 Å². The summed E-state index contributed by atoms with van der Waals surface area (Å²) in [5.41, 5.74) is 0. The Morgan fingerprint density at radius 1 is 0.565 bits per heavy atom. The number of rotatable bonds is 19. The summed E-state index contributed by atoms with van der Waals surface area (Å²) in [5.74, 6) is 0.910. The van der Waals surface area contributed by atoms with Gasteiger partial charge in [-0.05, 0) is 31.8 Å². The smallest absolute Gasteiger partial charge is 0.00206 e. The van der Waals surface area contributed by atoms with Crippen molar-refractivity contribution in [3.05, 3.63) is 0 Å². The topological polar surface area (TPSA) is 12.0 Å². The predicted octanol–water partition coefficient (Wildman–Crippen LogP) is 7.49. The first-order valence-electron chi connectivity index (χ1n) is 11.1. The van der Waals surface area contributed by atoms with Crippen LogP contribution in [0.1, 0.15) is 124 Å². The highest BCUT2D eigenvalue weighted by molar-refractivity contribution is 4.61. The fourth-order valence-corrected chi connectivity index (χ4v) is 3.34. The highest BCUT2D eigenvalue weighted by atomic mass is 14.8. The molecule has 0 spiro atoms. The SMILES string of the molecule is CCCCCCCCCCCCCCNCC(CC)CCCC. The lowest BCUT2D eigenvalue weighted by molar-refractivity contribution is 0.415. The van der Waals surface area contributed by atoms with Gasteiger partial charge >= 0.3 is 0 Å². The van der Waals surface area contributed by atoms with Gasteiger partial charge in [-0.15, -0.1) is 0 Å². The molecule has 1 N–H and O–H groups in total. The molecule has 1 unspecified atom stereocenters. The molecular weight excluding hydrogens is 278 g/mol. The second-order valence-electron chi connectivity index (χ2n) is 7.51. The molecule has 0 aromatic heterocycles. The quantitative estimate of drug-likeness (QED) is 0.242. The maximum atomic E-state index is 3.68. The average molecular weight is 326 g/mol. The maximum Gasteiger partial charge on any atom is -0.00206 e. The molecule has 0 amide bonds. The number of hydrogen-bond acceptors (Lipinski definition) is 1. The molecule has 1 nitrogen and oxygen atoms in total. The van der Waals surface area contributed by atoms with E-state index in [9.17, 15) is 0 Å². The van der Waals surface area contributed by atoms with E-state index in [1.54, 1.807) is 0 Å². The van der Waals surface area contributed by atoms with Crippen LogP contribution in [0, 0.1) is 5.92 Å². The summed E-state index contributed by atoms with van der Waals surface area (Å²) < 4.78 is 0. The fraction of sp³-hybridized carbons (Fsp3) is 1.00. The summed E-state index contributed by atoms with van der Waals surface area (Å²) in [6.07, 6.45) is 22.8. The minimum atomic E-state index is 0.910. The Morgan fingerprint density at radius 2 is 1.04 bits per heavy atom. The van der Waals surface area contributed by atoms with Gasteiger partial charge in [0.25, 0.3) is 0 Å². The molecule has 0 saturated carbocycles. The molecule has 0 bridgehead atoms. The van der Waals surface area contributed by atoms with E-state index in [0.29, 0.717) is 0 Å². The van der Waals surface area contributed by atoms with Gasteiger partial charge < -0.3 is 5.32 Å². The van der Waals surface area contributed by atoms with Gasteiger partial charge in [-0.1, -0.05) is 111 Å². The molecule has 23 heavy (non-hydrogen) atoms. The van der Waals surface area contributed by atoms with E-state index in [2.05, 4.69) is 26.1 Å². The molecule has 0 radical (unpaired) electrons. The van der Waals surface area contributed by atoms with Crippen LogP contribution in [0.2, 0.25) is 0 Å². The first kappa shape index (κ1) is 23.0. The van der Waals surface area contributed by atoms with Gasteiger partial charge in [0.1, 0.15) is 0 Å². The monoisotopic (exact) mass is 325 g/mol. The Bertz CT molecular complexity index is 202. The summed E-state index contributed by atoms with van der Waals surface area (Å²) in [7, 11) is 0. The van der Waals surface area contributed by atoms with Gasteiger partial charge in [-0.25, -0.2) is 0 Å². The van der Waals surface area contributed by atoms with Crippen LogP contribution in [0.4, 0.5) is 0 Å². The highest BCUT2D eigenvalue weighted by Gasteiger charge is 2.04. The van der Waals surface area contributed by atoms with Crippen molar-refractivity contribution in [1.82, 2.24) is 5.32 Å². The Labute approximate surface area is 148 Å². The lowest BCUT2D eigenvalue weighted by Gasteiger charge is -2.15. The number of nitrogens with one attached hydrogen (secondary N) is 1. The minimum absolute atomic E-state index is 0.910. The van der Waals surface area contributed by atoms with Gasteiger partial charge in [0.15, 0.2) is 0 Å². The molecule has 0 fully saturated rings. The van der Waals surface area contributed by atoms with E-state index >= 15 is 0 Å². The Hall–Kier alpha value is -0.0400. The standard InChI is InChI=1S/C22H47N/c1-4-7-9-10-11-12-13-14-15-16-17-18-20-23-21-22(6-3)19-8-5-2/h22-23H,4-21H2,1-3H3. The Kier molecular flexibility index (Phi) is 20.0. The van der Waals surface area contributed by atoms with Crippen molar-refractivity contribution in [2.75, 3.05) is 13.1 Å². The van der Waals surface area contributed by atoms with Gasteiger partial charge in [-0.2, -0.15) is 0 Å². The molecule has 0 aromatic carbocycles. The molecule has 0 aliphatic heterocycles. The van der Waals surface area contributed by atoms with Crippen molar-refractivity contribution in [1.29, 1.82) is 0 Å². The number of hydrogen-bond donors (Lipinski definition) is 1. The molecule has 1 atom stereocenters. The van der Waals surface area contributed by atoms with Gasteiger partial charge in [0, 0.05) is 0 Å². The van der Waals surface area contributed by atoms with Crippen LogP contribution in [0.3, 0.4) is 0 Å². The average Bonchev–Trinajstić information content (AvgIpc) is 2.57. The third kappa shape index (κ3) is 18.1. The highest BCUT2D eigenvalue weighted by Crippen LogP contribution is 2.12. The van der Waals surface area contributed by atoms with Crippen LogP contribution in [0.15, 0.2) is 0 Å². The van der Waals surface area contributed by atoms with Crippen molar-refractivity contribution >= 4 is 0 Å². The lowest BCUT2D eigenvalue weighted by Crippen LogP contribution is -2.23. The molecule has 1 heteroatoms. The minimum Gasteiger partial charge on any atom is -0.316 e. The molecule has 0 heterocycles. The molecule has 140 valence electrons. The molecule has 0 rings (SSSR count). The maximum absolute atomic E-state index is 3.68. The van der Waals surface area contributed by atoms with Crippen LogP contribution in [-0.2, 0) is 0 Å². The van der Waals surface area contributed by atoms with E-state index < -0.39 is 0 Å². The summed E-state index contributed by atoms with van der Waals surface area (Å²) in [6.45, 7) is 9.41. The van der Waals surface area contributed by atoms with Crippen molar-refractivity contribution in [3.8, 4) is 0 Å². The van der Waals surface area contributed by atoms with E-state index in [1.807, 2.05) is 0 Å². The first-order valence-corrected chi connectivity index (χ1v) is 11.1. The summed E-state index contributed by atoms with van der Waals surface area (Å²) in [4.78, 5) is 0. The van der Waals surface area contributed by atoms with Crippen LogP contribution in [0.25, 0.3) is 0 Å². The van der Waals surface area contributed by atoms with Crippen molar-refractivity contribution in [2.24, 2.45) is 5.92 Å².